The van der Waals surface area contributed by atoms with Crippen molar-refractivity contribution in [2.75, 3.05) is 0 Å². The van der Waals surface area contributed by atoms with Crippen molar-refractivity contribution in [1.82, 2.24) is 10.4 Å². The molecule has 0 saturated carbocycles. The first kappa shape index (κ1) is 14.2. The van der Waals surface area contributed by atoms with E-state index in [-0.39, 0.29) is 6.04 Å². The van der Waals surface area contributed by atoms with Crippen LogP contribution in [0.3, 0.4) is 0 Å². The van der Waals surface area contributed by atoms with Crippen molar-refractivity contribution >= 4 is 11.3 Å². The zero-order valence-electron chi connectivity index (χ0n) is 11.5. The van der Waals surface area contributed by atoms with Crippen LogP contribution in [0.2, 0.25) is 0 Å². The SMILES string of the molecule is Cc1nc(C)c(C(CCCc2ccccc2)NN)s1. The minimum absolute atomic E-state index is 0.218. The van der Waals surface area contributed by atoms with E-state index in [4.69, 9.17) is 5.84 Å². The molecular formula is C15H21N3S. The first-order chi connectivity index (χ1) is 9.20. The van der Waals surface area contributed by atoms with Gasteiger partial charge in [-0.2, -0.15) is 0 Å². The van der Waals surface area contributed by atoms with Gasteiger partial charge in [0.2, 0.25) is 0 Å². The van der Waals surface area contributed by atoms with E-state index in [9.17, 15) is 0 Å². The fourth-order valence-electron chi connectivity index (χ4n) is 2.32. The number of hydrogen-bond acceptors (Lipinski definition) is 4. The Labute approximate surface area is 118 Å². The molecule has 0 spiro atoms. The van der Waals surface area contributed by atoms with Crippen LogP contribution in [0.5, 0.6) is 0 Å². The topological polar surface area (TPSA) is 50.9 Å². The Morgan fingerprint density at radius 1 is 1.26 bits per heavy atom. The lowest BCUT2D eigenvalue weighted by Gasteiger charge is -2.14. The summed E-state index contributed by atoms with van der Waals surface area (Å²) in [6.07, 6.45) is 3.25. The van der Waals surface area contributed by atoms with Gasteiger partial charge in [-0.05, 0) is 38.7 Å². The summed E-state index contributed by atoms with van der Waals surface area (Å²) in [5, 5.41) is 1.11. The van der Waals surface area contributed by atoms with Gasteiger partial charge in [0, 0.05) is 4.88 Å². The molecule has 1 unspecified atom stereocenters. The predicted molar refractivity (Wildman–Crippen MR) is 81.0 cm³/mol. The number of aryl methyl sites for hydroxylation is 3. The number of nitrogens with one attached hydrogen (secondary N) is 1. The van der Waals surface area contributed by atoms with Gasteiger partial charge < -0.3 is 0 Å². The van der Waals surface area contributed by atoms with Crippen LogP contribution in [0.15, 0.2) is 30.3 Å². The Balaban J connectivity index is 1.91. The molecule has 102 valence electrons. The van der Waals surface area contributed by atoms with Gasteiger partial charge in [0.15, 0.2) is 0 Å². The van der Waals surface area contributed by atoms with Crippen molar-refractivity contribution in [3.05, 3.63) is 51.5 Å². The van der Waals surface area contributed by atoms with Crippen molar-refractivity contribution in [1.29, 1.82) is 0 Å². The van der Waals surface area contributed by atoms with Gasteiger partial charge in [-0.25, -0.2) is 4.98 Å². The summed E-state index contributed by atoms with van der Waals surface area (Å²) in [4.78, 5) is 5.74. The summed E-state index contributed by atoms with van der Waals surface area (Å²) in [6, 6.07) is 10.8. The standard InChI is InChI=1S/C15H21N3S/c1-11-15(19-12(2)17-11)14(18-16)10-6-9-13-7-4-3-5-8-13/h3-5,7-8,14,18H,6,9-10,16H2,1-2H3. The van der Waals surface area contributed by atoms with Crippen LogP contribution in [0.1, 0.15) is 40.0 Å². The molecule has 0 amide bonds. The van der Waals surface area contributed by atoms with Gasteiger partial charge in [0.05, 0.1) is 16.7 Å². The molecule has 1 atom stereocenters. The normalized spacial score (nSPS) is 12.6. The number of benzene rings is 1. The molecule has 3 nitrogen and oxygen atoms in total. The van der Waals surface area contributed by atoms with Crippen LogP contribution >= 0.6 is 11.3 Å². The molecule has 2 rings (SSSR count). The summed E-state index contributed by atoms with van der Waals surface area (Å²) < 4.78 is 0. The number of hydrazine groups is 1. The minimum Gasteiger partial charge on any atom is -0.271 e. The van der Waals surface area contributed by atoms with Crippen LogP contribution < -0.4 is 11.3 Å². The van der Waals surface area contributed by atoms with E-state index in [1.165, 1.54) is 10.4 Å². The van der Waals surface area contributed by atoms with Crippen LogP contribution in [0.25, 0.3) is 0 Å². The maximum Gasteiger partial charge on any atom is 0.0900 e. The summed E-state index contributed by atoms with van der Waals surface area (Å²) in [6.45, 7) is 4.10. The van der Waals surface area contributed by atoms with Gasteiger partial charge in [-0.3, -0.25) is 11.3 Å². The van der Waals surface area contributed by atoms with Crippen molar-refractivity contribution in [3.8, 4) is 0 Å². The fourth-order valence-corrected chi connectivity index (χ4v) is 3.34. The van der Waals surface area contributed by atoms with E-state index in [0.717, 1.165) is 30.0 Å². The van der Waals surface area contributed by atoms with Crippen LogP contribution in [-0.4, -0.2) is 4.98 Å². The largest absolute Gasteiger partial charge is 0.271 e. The van der Waals surface area contributed by atoms with Gasteiger partial charge >= 0.3 is 0 Å². The van der Waals surface area contributed by atoms with Crippen molar-refractivity contribution in [2.24, 2.45) is 5.84 Å². The predicted octanol–water partition coefficient (Wildman–Crippen LogP) is 3.29. The van der Waals surface area contributed by atoms with E-state index in [2.05, 4.69) is 47.7 Å². The molecule has 1 aromatic heterocycles. The second-order valence-electron chi connectivity index (χ2n) is 4.78. The van der Waals surface area contributed by atoms with Gasteiger partial charge in [-0.1, -0.05) is 30.3 Å². The molecule has 0 radical (unpaired) electrons. The van der Waals surface area contributed by atoms with E-state index in [0.29, 0.717) is 0 Å². The molecule has 19 heavy (non-hydrogen) atoms. The van der Waals surface area contributed by atoms with E-state index in [1.54, 1.807) is 11.3 Å². The number of rotatable bonds is 6. The molecule has 2 aromatic rings. The molecule has 0 saturated heterocycles. The first-order valence-electron chi connectivity index (χ1n) is 6.64. The van der Waals surface area contributed by atoms with Gasteiger partial charge in [0.1, 0.15) is 0 Å². The highest BCUT2D eigenvalue weighted by Gasteiger charge is 2.15. The highest BCUT2D eigenvalue weighted by molar-refractivity contribution is 7.11. The smallest absolute Gasteiger partial charge is 0.0900 e. The van der Waals surface area contributed by atoms with Gasteiger partial charge in [-0.15, -0.1) is 11.3 Å². The average molecular weight is 275 g/mol. The molecular weight excluding hydrogens is 254 g/mol. The molecule has 0 fully saturated rings. The zero-order chi connectivity index (χ0) is 13.7. The fraction of sp³-hybridized carbons (Fsp3) is 0.400. The van der Waals surface area contributed by atoms with E-state index in [1.807, 2.05) is 6.92 Å². The summed E-state index contributed by atoms with van der Waals surface area (Å²) in [7, 11) is 0. The highest BCUT2D eigenvalue weighted by Crippen LogP contribution is 2.27. The second-order valence-corrected chi connectivity index (χ2v) is 6.01. The lowest BCUT2D eigenvalue weighted by atomic mass is 10.0. The van der Waals surface area contributed by atoms with Crippen molar-refractivity contribution < 1.29 is 0 Å². The summed E-state index contributed by atoms with van der Waals surface area (Å²) in [5.74, 6) is 5.69. The first-order valence-corrected chi connectivity index (χ1v) is 7.46. The third kappa shape index (κ3) is 3.86. The lowest BCUT2D eigenvalue weighted by Crippen LogP contribution is -2.28. The Kier molecular flexibility index (Phi) is 5.07. The zero-order valence-corrected chi connectivity index (χ0v) is 12.3. The maximum absolute atomic E-state index is 5.69. The third-order valence-corrected chi connectivity index (χ3v) is 4.44. The van der Waals surface area contributed by atoms with Crippen LogP contribution in [-0.2, 0) is 6.42 Å². The number of aromatic nitrogens is 1. The number of nitrogens with zero attached hydrogens (tertiary/aromatic N) is 1. The Hall–Kier alpha value is -1.23. The molecule has 4 heteroatoms. The van der Waals surface area contributed by atoms with E-state index >= 15 is 0 Å². The quantitative estimate of drug-likeness (QED) is 0.628. The Morgan fingerprint density at radius 2 is 2.00 bits per heavy atom. The molecule has 1 aromatic carbocycles. The molecule has 3 N–H and O–H groups in total. The monoisotopic (exact) mass is 275 g/mol. The van der Waals surface area contributed by atoms with Crippen molar-refractivity contribution in [3.63, 3.8) is 0 Å². The van der Waals surface area contributed by atoms with E-state index < -0.39 is 0 Å². The molecule has 0 aliphatic rings. The Morgan fingerprint density at radius 3 is 2.58 bits per heavy atom. The number of hydrogen-bond donors (Lipinski definition) is 2. The molecule has 1 heterocycles. The van der Waals surface area contributed by atoms with Crippen LogP contribution in [0, 0.1) is 13.8 Å². The minimum atomic E-state index is 0.218. The molecule has 0 bridgehead atoms. The van der Waals surface area contributed by atoms with Gasteiger partial charge in [0.25, 0.3) is 0 Å². The summed E-state index contributed by atoms with van der Waals surface area (Å²) >= 11 is 1.74. The molecule has 0 aliphatic carbocycles. The van der Waals surface area contributed by atoms with Crippen molar-refractivity contribution in [2.45, 2.75) is 39.2 Å². The third-order valence-electron chi connectivity index (χ3n) is 3.26. The number of thiazole rings is 1. The maximum atomic E-state index is 5.69. The average Bonchev–Trinajstić information content (AvgIpc) is 2.75. The Bertz CT molecular complexity index is 507. The lowest BCUT2D eigenvalue weighted by molar-refractivity contribution is 0.503. The molecule has 0 aliphatic heterocycles. The number of nitrogens with two attached hydrogens (primary N) is 1. The second kappa shape index (κ2) is 6.80. The highest BCUT2D eigenvalue weighted by atomic mass is 32.1. The summed E-state index contributed by atoms with van der Waals surface area (Å²) in [5.41, 5.74) is 5.42. The van der Waals surface area contributed by atoms with Crippen LogP contribution in [0.4, 0.5) is 0 Å².